The monoisotopic (exact) mass is 402 g/mol. The van der Waals surface area contributed by atoms with Gasteiger partial charge in [0.2, 0.25) is 5.91 Å². The second kappa shape index (κ2) is 7.05. The van der Waals surface area contributed by atoms with Gasteiger partial charge in [0.25, 0.3) is 5.91 Å². The molecule has 0 aromatic heterocycles. The van der Waals surface area contributed by atoms with Crippen molar-refractivity contribution in [1.29, 1.82) is 0 Å². The van der Waals surface area contributed by atoms with E-state index in [1.54, 1.807) is 24.3 Å². The summed E-state index contributed by atoms with van der Waals surface area (Å²) < 4.78 is 0. The number of carbonyl (C=O) groups is 2. The quantitative estimate of drug-likeness (QED) is 0.807. The molecule has 2 aliphatic carbocycles. The Morgan fingerprint density at radius 3 is 2.46 bits per heavy atom. The lowest BCUT2D eigenvalue weighted by Crippen LogP contribution is -2.51. The van der Waals surface area contributed by atoms with Crippen LogP contribution in [-0.4, -0.2) is 35.8 Å². The maximum absolute atomic E-state index is 13.1. The molecule has 5 heteroatoms. The molecule has 1 aliphatic heterocycles. The van der Waals surface area contributed by atoms with Gasteiger partial charge in [-0.15, -0.1) is 0 Å². The summed E-state index contributed by atoms with van der Waals surface area (Å²) in [7, 11) is 0. The van der Waals surface area contributed by atoms with Crippen molar-refractivity contribution in [1.82, 2.24) is 10.2 Å². The number of hydrogen-bond acceptors (Lipinski definition) is 2. The SMILES string of the molecule is CC1(C)C2CCC1(C)C(NC(=O)C1CCCN(C(=O)c3ccc(Cl)cc3)C1)C2. The summed E-state index contributed by atoms with van der Waals surface area (Å²) in [6, 6.07) is 7.25. The zero-order chi connectivity index (χ0) is 20.1. The summed E-state index contributed by atoms with van der Waals surface area (Å²) in [5, 5.41) is 4.01. The number of halogens is 1. The van der Waals surface area contributed by atoms with Gasteiger partial charge in [0.1, 0.15) is 0 Å². The molecule has 1 heterocycles. The molecule has 28 heavy (non-hydrogen) atoms. The Morgan fingerprint density at radius 2 is 1.86 bits per heavy atom. The Morgan fingerprint density at radius 1 is 1.14 bits per heavy atom. The molecule has 1 aromatic carbocycles. The van der Waals surface area contributed by atoms with Gasteiger partial charge in [-0.2, -0.15) is 0 Å². The van der Waals surface area contributed by atoms with E-state index < -0.39 is 0 Å². The van der Waals surface area contributed by atoms with Crippen LogP contribution in [0.4, 0.5) is 0 Å². The standard InChI is InChI=1S/C23H31ClN2O2/c1-22(2)17-10-11-23(22,3)19(13-17)25-20(27)16-5-4-12-26(14-16)21(28)15-6-8-18(24)9-7-15/h6-9,16-17,19H,4-5,10-14H2,1-3H3,(H,25,27). The highest BCUT2D eigenvalue weighted by atomic mass is 35.5. The number of fused-ring (bicyclic) bond motifs is 2. The number of piperidine rings is 1. The van der Waals surface area contributed by atoms with Crippen molar-refractivity contribution in [2.24, 2.45) is 22.7 Å². The van der Waals surface area contributed by atoms with Crippen molar-refractivity contribution >= 4 is 23.4 Å². The van der Waals surface area contributed by atoms with Gasteiger partial charge in [0, 0.05) is 29.7 Å². The van der Waals surface area contributed by atoms with Crippen molar-refractivity contribution in [3.05, 3.63) is 34.9 Å². The minimum atomic E-state index is -0.115. The third kappa shape index (κ3) is 3.14. The van der Waals surface area contributed by atoms with Gasteiger partial charge in [-0.1, -0.05) is 32.4 Å². The van der Waals surface area contributed by atoms with E-state index in [0.29, 0.717) is 29.6 Å². The molecule has 4 rings (SSSR count). The maximum Gasteiger partial charge on any atom is 0.253 e. The second-order valence-corrected chi connectivity index (χ2v) is 10.2. The van der Waals surface area contributed by atoms with Crippen LogP contribution in [0.25, 0.3) is 0 Å². The average molecular weight is 403 g/mol. The Bertz CT molecular complexity index is 775. The Hall–Kier alpha value is -1.55. The van der Waals surface area contributed by atoms with Crippen LogP contribution in [0.15, 0.2) is 24.3 Å². The number of nitrogens with one attached hydrogen (secondary N) is 1. The van der Waals surface area contributed by atoms with Gasteiger partial charge >= 0.3 is 0 Å². The first-order valence-electron chi connectivity index (χ1n) is 10.6. The van der Waals surface area contributed by atoms with Gasteiger partial charge in [-0.05, 0) is 73.1 Å². The molecule has 4 nitrogen and oxygen atoms in total. The molecule has 2 bridgehead atoms. The van der Waals surface area contributed by atoms with Crippen molar-refractivity contribution in [3.8, 4) is 0 Å². The van der Waals surface area contributed by atoms with Gasteiger partial charge in [-0.3, -0.25) is 9.59 Å². The topological polar surface area (TPSA) is 49.4 Å². The highest BCUT2D eigenvalue weighted by molar-refractivity contribution is 6.30. The lowest BCUT2D eigenvalue weighted by molar-refractivity contribution is -0.128. The van der Waals surface area contributed by atoms with Crippen LogP contribution >= 0.6 is 11.6 Å². The number of hydrogen-bond donors (Lipinski definition) is 1. The van der Waals surface area contributed by atoms with E-state index in [1.165, 1.54) is 12.8 Å². The van der Waals surface area contributed by atoms with Crippen LogP contribution in [0.3, 0.4) is 0 Å². The molecule has 2 amide bonds. The largest absolute Gasteiger partial charge is 0.352 e. The Balaban J connectivity index is 1.40. The van der Waals surface area contributed by atoms with Gasteiger partial charge in [-0.25, -0.2) is 0 Å². The first kappa shape index (κ1) is 19.8. The van der Waals surface area contributed by atoms with Crippen LogP contribution in [0.2, 0.25) is 5.02 Å². The number of benzene rings is 1. The van der Waals surface area contributed by atoms with Crippen LogP contribution in [0.1, 0.15) is 63.2 Å². The minimum Gasteiger partial charge on any atom is -0.352 e. The fourth-order valence-electron chi connectivity index (χ4n) is 5.86. The van der Waals surface area contributed by atoms with E-state index >= 15 is 0 Å². The first-order valence-corrected chi connectivity index (χ1v) is 11.0. The number of nitrogens with zero attached hydrogens (tertiary/aromatic N) is 1. The first-order chi connectivity index (χ1) is 13.2. The maximum atomic E-state index is 13.1. The lowest BCUT2D eigenvalue weighted by Gasteiger charge is -2.40. The summed E-state index contributed by atoms with van der Waals surface area (Å²) in [6.45, 7) is 8.29. The van der Waals surface area contributed by atoms with Crippen LogP contribution in [0.5, 0.6) is 0 Å². The number of amides is 2. The molecule has 4 unspecified atom stereocenters. The van der Waals surface area contributed by atoms with Gasteiger partial charge in [0.15, 0.2) is 0 Å². The van der Waals surface area contributed by atoms with Gasteiger partial charge in [0.05, 0.1) is 5.92 Å². The van der Waals surface area contributed by atoms with Crippen molar-refractivity contribution < 1.29 is 9.59 Å². The van der Waals surface area contributed by atoms with E-state index in [4.69, 9.17) is 11.6 Å². The van der Waals surface area contributed by atoms with Gasteiger partial charge < -0.3 is 10.2 Å². The molecule has 1 N–H and O–H groups in total. The minimum absolute atomic E-state index is 0.0119. The zero-order valence-corrected chi connectivity index (χ0v) is 17.9. The summed E-state index contributed by atoms with van der Waals surface area (Å²) in [6.07, 6.45) is 5.29. The van der Waals surface area contributed by atoms with Crippen molar-refractivity contribution in [2.45, 2.75) is 58.9 Å². The number of rotatable bonds is 3. The molecular weight excluding hydrogens is 372 g/mol. The molecule has 2 saturated carbocycles. The van der Waals surface area contributed by atoms with Crippen molar-refractivity contribution in [3.63, 3.8) is 0 Å². The lowest BCUT2D eigenvalue weighted by atomic mass is 9.69. The highest BCUT2D eigenvalue weighted by Gasteiger charge is 2.61. The van der Waals surface area contributed by atoms with E-state index in [2.05, 4.69) is 26.1 Å². The van der Waals surface area contributed by atoms with E-state index in [9.17, 15) is 9.59 Å². The average Bonchev–Trinajstić information content (AvgIpc) is 3.01. The van der Waals surface area contributed by atoms with Crippen molar-refractivity contribution in [2.75, 3.05) is 13.1 Å². The third-order valence-corrected chi connectivity index (χ3v) is 8.53. The molecule has 3 aliphatic rings. The van der Waals surface area contributed by atoms with Crippen LogP contribution in [0, 0.1) is 22.7 Å². The Labute approximate surface area is 173 Å². The zero-order valence-electron chi connectivity index (χ0n) is 17.1. The van der Waals surface area contributed by atoms with E-state index in [1.807, 2.05) is 4.90 Å². The normalized spacial score (nSPS) is 33.7. The Kier molecular flexibility index (Phi) is 4.97. The summed E-state index contributed by atoms with van der Waals surface area (Å²) >= 11 is 5.93. The van der Waals surface area contributed by atoms with Crippen LogP contribution in [-0.2, 0) is 4.79 Å². The highest BCUT2D eigenvalue weighted by Crippen LogP contribution is 2.65. The van der Waals surface area contributed by atoms with E-state index in [-0.39, 0.29) is 34.6 Å². The number of carbonyl (C=O) groups excluding carboxylic acids is 2. The molecule has 0 radical (unpaired) electrons. The van der Waals surface area contributed by atoms with Crippen LogP contribution < -0.4 is 5.32 Å². The summed E-state index contributed by atoms with van der Waals surface area (Å²) in [4.78, 5) is 27.7. The van der Waals surface area contributed by atoms with E-state index in [0.717, 1.165) is 19.3 Å². The molecule has 1 aromatic rings. The molecule has 152 valence electrons. The molecule has 0 spiro atoms. The molecule has 1 saturated heterocycles. The second-order valence-electron chi connectivity index (χ2n) is 9.77. The predicted octanol–water partition coefficient (Wildman–Crippen LogP) is 4.52. The predicted molar refractivity (Wildman–Crippen MR) is 111 cm³/mol. The molecule has 4 atom stereocenters. The summed E-state index contributed by atoms with van der Waals surface area (Å²) in [5.41, 5.74) is 1.10. The summed E-state index contributed by atoms with van der Waals surface area (Å²) in [5.74, 6) is 0.707. The molecule has 3 fully saturated rings. The fourth-order valence-corrected chi connectivity index (χ4v) is 5.99. The third-order valence-electron chi connectivity index (χ3n) is 8.28. The number of likely N-dealkylation sites (tertiary alicyclic amines) is 1. The smallest absolute Gasteiger partial charge is 0.253 e. The molecular formula is C23H31ClN2O2. The fraction of sp³-hybridized carbons (Fsp3) is 0.652.